The Kier molecular flexibility index (Phi) is 6.59. The van der Waals surface area contributed by atoms with Crippen molar-refractivity contribution in [3.8, 4) is 0 Å². The van der Waals surface area contributed by atoms with E-state index in [0.717, 1.165) is 5.56 Å². The van der Waals surface area contributed by atoms with Gasteiger partial charge in [0, 0.05) is 0 Å². The van der Waals surface area contributed by atoms with Gasteiger partial charge in [0.2, 0.25) is 5.43 Å². The van der Waals surface area contributed by atoms with Crippen LogP contribution in [0.1, 0.15) is 21.6 Å². The molecule has 2 aromatic heterocycles. The number of hydrogen-bond donors (Lipinski definition) is 3. The number of hydrogen-bond acceptors (Lipinski definition) is 4. The van der Waals surface area contributed by atoms with Crippen LogP contribution < -0.4 is 10.7 Å². The fourth-order valence-corrected chi connectivity index (χ4v) is 2.94. The fraction of sp³-hybridized carbons (Fsp3) is 0.176. The second kappa shape index (κ2) is 8.70. The summed E-state index contributed by atoms with van der Waals surface area (Å²) in [5, 5.41) is 13.6. The highest BCUT2D eigenvalue weighted by atomic mass is 35.5. The largest absolute Gasteiger partial charge is 0.480 e. The Bertz CT molecular complexity index is 1030. The average molecular weight is 411 g/mol. The van der Waals surface area contributed by atoms with Crippen molar-refractivity contribution in [3.63, 3.8) is 0 Å². The van der Waals surface area contributed by atoms with Crippen LogP contribution in [-0.2, 0) is 17.6 Å². The van der Waals surface area contributed by atoms with Gasteiger partial charge in [0.05, 0.1) is 5.69 Å². The fourth-order valence-electron chi connectivity index (χ4n) is 2.67. The minimum Gasteiger partial charge on any atom is -0.480 e. The summed E-state index contributed by atoms with van der Waals surface area (Å²) >= 11 is 6.23. The zero-order valence-electron chi connectivity index (χ0n) is 13.9. The number of carboxylic acids is 1. The number of fused-ring (bicyclic) bond motifs is 1. The third-order valence-corrected chi connectivity index (χ3v) is 4.27. The lowest BCUT2D eigenvalue weighted by Gasteiger charge is -2.10. The van der Waals surface area contributed by atoms with Crippen LogP contribution in [0.5, 0.6) is 0 Å². The monoisotopic (exact) mass is 410 g/mol. The SMILES string of the molecule is Cl.O=C(O)CNC(=O)c1c(=O)c(Cl)c(CCc2ccccc2)n2[nH]cnc12. The van der Waals surface area contributed by atoms with E-state index in [1.807, 2.05) is 30.3 Å². The molecule has 0 atom stereocenters. The van der Waals surface area contributed by atoms with Gasteiger partial charge in [0.1, 0.15) is 23.5 Å². The molecule has 0 aliphatic heterocycles. The van der Waals surface area contributed by atoms with Crippen LogP contribution in [0.15, 0.2) is 41.5 Å². The summed E-state index contributed by atoms with van der Waals surface area (Å²) in [6, 6.07) is 9.69. The van der Waals surface area contributed by atoms with Crippen LogP contribution in [0.25, 0.3) is 5.65 Å². The number of carbonyl (C=O) groups excluding carboxylic acids is 1. The Morgan fingerprint density at radius 1 is 1.22 bits per heavy atom. The van der Waals surface area contributed by atoms with Crippen LogP contribution in [0.3, 0.4) is 0 Å². The molecule has 1 amide bonds. The molecular formula is C17H16Cl2N4O4. The number of rotatable bonds is 6. The summed E-state index contributed by atoms with van der Waals surface area (Å²) in [7, 11) is 0. The van der Waals surface area contributed by atoms with Crippen LogP contribution in [0, 0.1) is 0 Å². The second-order valence-electron chi connectivity index (χ2n) is 5.57. The predicted octanol–water partition coefficient (Wildman–Crippen LogP) is 1.70. The second-order valence-corrected chi connectivity index (χ2v) is 5.95. The van der Waals surface area contributed by atoms with Crippen molar-refractivity contribution in [2.24, 2.45) is 0 Å². The summed E-state index contributed by atoms with van der Waals surface area (Å²) < 4.78 is 1.47. The summed E-state index contributed by atoms with van der Waals surface area (Å²) in [5.41, 5.74) is 0.714. The highest BCUT2D eigenvalue weighted by Gasteiger charge is 2.23. The lowest BCUT2D eigenvalue weighted by molar-refractivity contribution is -0.135. The molecule has 3 aromatic rings. The quantitative estimate of drug-likeness (QED) is 0.571. The smallest absolute Gasteiger partial charge is 0.322 e. The molecule has 0 unspecified atom stereocenters. The van der Waals surface area contributed by atoms with Crippen molar-refractivity contribution in [2.75, 3.05) is 6.54 Å². The molecular weight excluding hydrogens is 395 g/mol. The van der Waals surface area contributed by atoms with E-state index in [0.29, 0.717) is 18.5 Å². The number of aromatic amines is 1. The maximum atomic E-state index is 12.6. The first-order chi connectivity index (χ1) is 12.5. The van der Waals surface area contributed by atoms with Crippen molar-refractivity contribution >= 4 is 41.5 Å². The van der Waals surface area contributed by atoms with Gasteiger partial charge in [-0.15, -0.1) is 12.4 Å². The van der Waals surface area contributed by atoms with Crippen molar-refractivity contribution < 1.29 is 14.7 Å². The Morgan fingerprint density at radius 2 is 1.93 bits per heavy atom. The van der Waals surface area contributed by atoms with Gasteiger partial charge in [-0.1, -0.05) is 41.9 Å². The lowest BCUT2D eigenvalue weighted by atomic mass is 10.1. The van der Waals surface area contributed by atoms with Crippen molar-refractivity contribution in [1.29, 1.82) is 0 Å². The standard InChI is InChI=1S/C17H15ClN4O4.ClH/c18-14-11(7-6-10-4-2-1-3-5-10)22-16(20-9-21-22)13(15(14)25)17(26)19-8-12(23)24;/h1-5,9H,6-8H2,(H,19,26)(H,20,21)(H,23,24);1H. The maximum absolute atomic E-state index is 12.6. The molecule has 27 heavy (non-hydrogen) atoms. The Hall–Kier alpha value is -2.84. The molecule has 3 N–H and O–H groups in total. The van der Waals surface area contributed by atoms with Crippen molar-refractivity contribution in [1.82, 2.24) is 19.9 Å². The van der Waals surface area contributed by atoms with Gasteiger partial charge < -0.3 is 10.4 Å². The first-order valence-corrected chi connectivity index (χ1v) is 8.17. The molecule has 2 heterocycles. The lowest BCUT2D eigenvalue weighted by Crippen LogP contribution is -2.34. The third kappa shape index (κ3) is 4.29. The molecule has 1 aromatic carbocycles. The van der Waals surface area contributed by atoms with E-state index in [4.69, 9.17) is 16.7 Å². The molecule has 0 aliphatic carbocycles. The van der Waals surface area contributed by atoms with Gasteiger partial charge in [-0.3, -0.25) is 19.5 Å². The minimum absolute atomic E-state index is 0. The summed E-state index contributed by atoms with van der Waals surface area (Å²) in [5.74, 6) is -2.05. The molecule has 0 fully saturated rings. The number of nitrogens with one attached hydrogen (secondary N) is 2. The van der Waals surface area contributed by atoms with Crippen LogP contribution >= 0.6 is 24.0 Å². The molecule has 0 saturated carbocycles. The van der Waals surface area contributed by atoms with E-state index < -0.39 is 23.9 Å². The van der Waals surface area contributed by atoms with Gasteiger partial charge in [0.25, 0.3) is 5.91 Å². The molecule has 8 nitrogen and oxygen atoms in total. The number of H-pyrrole nitrogens is 1. The van der Waals surface area contributed by atoms with Crippen LogP contribution in [-0.4, -0.2) is 38.1 Å². The Balaban J connectivity index is 0.00000261. The highest BCUT2D eigenvalue weighted by molar-refractivity contribution is 6.31. The number of aliphatic carboxylic acids is 1. The predicted molar refractivity (Wildman–Crippen MR) is 102 cm³/mol. The molecule has 0 bridgehead atoms. The number of carbonyl (C=O) groups is 2. The number of carboxylic acid groups (broad SMARTS) is 1. The van der Waals surface area contributed by atoms with E-state index in [1.54, 1.807) is 0 Å². The average Bonchev–Trinajstić information content (AvgIpc) is 3.10. The zero-order chi connectivity index (χ0) is 18.7. The number of aromatic nitrogens is 3. The summed E-state index contributed by atoms with van der Waals surface area (Å²) in [4.78, 5) is 39.5. The molecule has 0 aliphatic rings. The topological polar surface area (TPSA) is 117 Å². The van der Waals surface area contributed by atoms with Crippen molar-refractivity contribution in [3.05, 3.63) is 68.7 Å². The number of nitrogens with zero attached hydrogens (tertiary/aromatic N) is 2. The molecule has 0 radical (unpaired) electrons. The Labute approximate surface area is 164 Å². The first-order valence-electron chi connectivity index (χ1n) is 7.79. The van der Waals surface area contributed by atoms with E-state index in [9.17, 15) is 14.4 Å². The highest BCUT2D eigenvalue weighted by Crippen LogP contribution is 2.18. The van der Waals surface area contributed by atoms with E-state index >= 15 is 0 Å². The van der Waals surface area contributed by atoms with Gasteiger partial charge in [0.15, 0.2) is 5.65 Å². The van der Waals surface area contributed by atoms with E-state index in [2.05, 4.69) is 15.4 Å². The molecule has 3 rings (SSSR count). The van der Waals surface area contributed by atoms with Crippen LogP contribution in [0.4, 0.5) is 0 Å². The minimum atomic E-state index is -1.22. The molecule has 10 heteroatoms. The number of benzene rings is 1. The summed E-state index contributed by atoms with van der Waals surface area (Å²) in [6.07, 6.45) is 2.44. The van der Waals surface area contributed by atoms with Gasteiger partial charge in [-0.05, 0) is 18.4 Å². The molecule has 0 spiro atoms. The number of aryl methyl sites for hydroxylation is 2. The summed E-state index contributed by atoms with van der Waals surface area (Å²) in [6.45, 7) is -0.609. The van der Waals surface area contributed by atoms with Crippen LogP contribution in [0.2, 0.25) is 5.02 Å². The van der Waals surface area contributed by atoms with Gasteiger partial charge in [-0.2, -0.15) is 0 Å². The molecule has 142 valence electrons. The molecule has 0 saturated heterocycles. The van der Waals surface area contributed by atoms with Gasteiger partial charge >= 0.3 is 5.97 Å². The number of pyridine rings is 1. The van der Waals surface area contributed by atoms with Gasteiger partial charge in [-0.25, -0.2) is 9.50 Å². The van der Waals surface area contributed by atoms with E-state index in [1.165, 1.54) is 10.8 Å². The number of halogens is 2. The Morgan fingerprint density at radius 3 is 2.59 bits per heavy atom. The third-order valence-electron chi connectivity index (χ3n) is 3.88. The zero-order valence-corrected chi connectivity index (χ0v) is 15.5. The number of amides is 1. The first kappa shape index (κ1) is 20.5. The maximum Gasteiger partial charge on any atom is 0.322 e. The normalized spacial score (nSPS) is 10.4. The van der Waals surface area contributed by atoms with Crippen molar-refractivity contribution in [2.45, 2.75) is 12.8 Å². The van der Waals surface area contributed by atoms with E-state index in [-0.39, 0.29) is 28.6 Å².